The Kier molecular flexibility index (Phi) is 10.3. The molecule has 0 aliphatic rings. The Hall–Kier alpha value is -2.30. The van der Waals surface area contributed by atoms with Crippen molar-refractivity contribution in [1.82, 2.24) is 0 Å². The second-order valence-corrected chi connectivity index (χ2v) is 13.0. The Morgan fingerprint density at radius 3 is 2.00 bits per heavy atom. The fraction of sp³-hybridized carbons (Fsp3) is 0.348. The van der Waals surface area contributed by atoms with E-state index in [1.54, 1.807) is 0 Å². The van der Waals surface area contributed by atoms with Gasteiger partial charge in [0, 0.05) is 0 Å². The predicted molar refractivity (Wildman–Crippen MR) is 131 cm³/mol. The van der Waals surface area contributed by atoms with Crippen LogP contribution in [0.5, 0.6) is 0 Å². The first-order valence-electron chi connectivity index (χ1n) is 10.7. The molecule has 3 N–H and O–H groups in total. The molecular weight excluding hydrogens is 666 g/mol. The summed E-state index contributed by atoms with van der Waals surface area (Å²) in [6, 6.07) is 4.19. The Bertz CT molecular complexity index is 1220. The summed E-state index contributed by atoms with van der Waals surface area (Å²) in [6.07, 6.45) is -2.85. The van der Waals surface area contributed by atoms with Crippen molar-refractivity contribution in [3.05, 3.63) is 60.3 Å². The van der Waals surface area contributed by atoms with E-state index in [-0.39, 0.29) is 24.1 Å². The van der Waals surface area contributed by atoms with Crippen LogP contribution in [0.4, 0.5) is 29.7 Å². The van der Waals surface area contributed by atoms with Crippen molar-refractivity contribution in [2.45, 2.75) is 52.7 Å². The van der Waals surface area contributed by atoms with Gasteiger partial charge in [-0.2, -0.15) is 0 Å². The first kappa shape index (κ1) is 31.9. The molecule has 0 aromatic heterocycles. The van der Waals surface area contributed by atoms with Crippen molar-refractivity contribution < 1.29 is 62.8 Å². The molecule has 2 rings (SSSR count). The third kappa shape index (κ3) is 8.35. The molecule has 0 fully saturated rings. The number of hydrogen-bond donors (Lipinski definition) is 3. The number of rotatable bonds is 5. The van der Waals surface area contributed by atoms with Crippen molar-refractivity contribution in [3.8, 4) is 0 Å². The predicted octanol–water partition coefficient (Wildman–Crippen LogP) is 2.15. The maximum atomic E-state index is 15.6. The molecule has 0 saturated carbocycles. The normalized spacial score (nSPS) is 12.6. The molecule has 10 nitrogen and oxygen atoms in total. The van der Waals surface area contributed by atoms with Gasteiger partial charge in [-0.05, 0) is 41.5 Å². The van der Waals surface area contributed by atoms with Crippen LogP contribution in [0.25, 0.3) is 0 Å². The van der Waals surface area contributed by atoms with Gasteiger partial charge < -0.3 is 0 Å². The topological polar surface area (TPSA) is 133 Å². The van der Waals surface area contributed by atoms with Gasteiger partial charge in [0.1, 0.15) is 0 Å². The Balaban J connectivity index is 2.58. The molecule has 0 aliphatic heterocycles. The van der Waals surface area contributed by atoms with Crippen LogP contribution in [-0.2, 0) is 9.47 Å². The van der Waals surface area contributed by atoms with Gasteiger partial charge in [0.15, 0.2) is 0 Å². The van der Waals surface area contributed by atoms with E-state index < -0.39 is 77.2 Å². The Morgan fingerprint density at radius 2 is 1.53 bits per heavy atom. The van der Waals surface area contributed by atoms with Crippen LogP contribution in [-0.4, -0.2) is 34.5 Å². The molecule has 2 aromatic carbocycles. The van der Waals surface area contributed by atoms with Crippen LogP contribution in [0.3, 0.4) is 0 Å². The van der Waals surface area contributed by atoms with Crippen LogP contribution in [0.2, 0.25) is 10.0 Å². The van der Waals surface area contributed by atoms with Crippen LogP contribution < -0.4 is 35.1 Å². The monoisotopic (exact) mass is 690 g/mol. The third-order valence-electron chi connectivity index (χ3n) is 4.14. The number of carbonyl (C=O) groups is 3. The number of nitrogens with zero attached hydrogens (tertiary/aromatic N) is 1. The molecular formula is C23H25Cl2F2IN3O7-. The molecule has 3 amide bonds. The summed E-state index contributed by atoms with van der Waals surface area (Å²) in [6.45, 7) is 8.89. The number of hydrogen-bond acceptors (Lipinski definition) is 7. The summed E-state index contributed by atoms with van der Waals surface area (Å²) in [7, 11) is 0. The van der Waals surface area contributed by atoms with E-state index in [2.05, 4.69) is 5.32 Å². The van der Waals surface area contributed by atoms with E-state index in [0.717, 1.165) is 6.07 Å². The maximum absolute atomic E-state index is 15.6. The zero-order valence-corrected chi connectivity index (χ0v) is 24.7. The summed E-state index contributed by atoms with van der Waals surface area (Å²) in [5.41, 5.74) is -4.43. The van der Waals surface area contributed by atoms with E-state index in [1.807, 2.05) is 0 Å². The molecule has 0 bridgehead atoms. The molecule has 0 heterocycles. The number of carbonyl (C=O) groups excluding carboxylic acids is 3. The molecule has 210 valence electrons. The summed E-state index contributed by atoms with van der Waals surface area (Å²) < 4.78 is 39.9. The van der Waals surface area contributed by atoms with Gasteiger partial charge in [-0.3, -0.25) is 0 Å². The molecule has 0 radical (unpaired) electrons. The van der Waals surface area contributed by atoms with Crippen molar-refractivity contribution in [2.24, 2.45) is 0 Å². The fourth-order valence-corrected chi connectivity index (χ4v) is 4.94. The average molecular weight is 691 g/mol. The van der Waals surface area contributed by atoms with Gasteiger partial charge in [0.05, 0.1) is 0 Å². The number of quaternary nitrogens is 1. The number of imide groups is 1. The summed E-state index contributed by atoms with van der Waals surface area (Å²) in [5.74, 6) is -3.88. The van der Waals surface area contributed by atoms with E-state index in [4.69, 9.17) is 37.9 Å². The number of halogens is 5. The van der Waals surface area contributed by atoms with Gasteiger partial charge >= 0.3 is 197 Å². The van der Waals surface area contributed by atoms with E-state index in [1.165, 1.54) is 53.7 Å². The second kappa shape index (κ2) is 12.3. The number of amides is 3. The van der Waals surface area contributed by atoms with Crippen LogP contribution >= 0.6 is 23.2 Å². The molecule has 38 heavy (non-hydrogen) atoms. The van der Waals surface area contributed by atoms with E-state index >= 15 is 4.39 Å². The minimum atomic E-state index is -1.62. The van der Waals surface area contributed by atoms with Gasteiger partial charge in [-0.25, -0.2) is 0 Å². The van der Waals surface area contributed by atoms with Gasteiger partial charge in [-0.15, -0.1) is 0 Å². The van der Waals surface area contributed by atoms with Crippen molar-refractivity contribution in [1.29, 1.82) is 0 Å². The average Bonchev–Trinajstić information content (AvgIpc) is 2.72. The van der Waals surface area contributed by atoms with Crippen LogP contribution in [0, 0.1) is 20.4 Å². The van der Waals surface area contributed by atoms with Crippen molar-refractivity contribution >= 4 is 52.7 Å². The zero-order valence-electron chi connectivity index (χ0n) is 21.0. The summed E-state index contributed by atoms with van der Waals surface area (Å²) in [4.78, 5) is 38.8. The quantitative estimate of drug-likeness (QED) is 0.190. The third-order valence-corrected chi connectivity index (χ3v) is 7.11. The number of benzene rings is 2. The molecule has 0 saturated heterocycles. The van der Waals surface area contributed by atoms with Gasteiger partial charge in [-0.1, -0.05) is 0 Å². The van der Waals surface area contributed by atoms with Gasteiger partial charge in [0.2, 0.25) is 0 Å². The molecule has 0 aliphatic carbocycles. The first-order valence-corrected chi connectivity index (χ1v) is 13.6. The molecule has 0 spiro atoms. The first-order chi connectivity index (χ1) is 17.3. The molecule has 15 heteroatoms. The number of anilines is 2. The summed E-state index contributed by atoms with van der Waals surface area (Å²) >= 11 is 10.7. The van der Waals surface area contributed by atoms with E-state index in [0.29, 0.717) is 6.07 Å². The number of nitrogens with one attached hydrogen (secondary N) is 2. The molecule has 1 unspecified atom stereocenters. The minimum absolute atomic E-state index is 0.0503. The molecule has 1 atom stereocenters. The second-order valence-electron chi connectivity index (χ2n) is 9.57. The van der Waals surface area contributed by atoms with E-state index in [9.17, 15) is 24.0 Å². The number of ether oxygens (including phenoxy) is 2. The Morgan fingerprint density at radius 1 is 1.00 bits per heavy atom. The molecule has 2 aromatic rings. The zero-order chi connectivity index (χ0) is 29.2. The van der Waals surface area contributed by atoms with Crippen LogP contribution in [0.15, 0.2) is 24.3 Å². The Labute approximate surface area is 237 Å². The SMILES string of the molecule is CC(C)(C)OC(=O)N(C(=O)OC(C)(C)C)c1c(F)ccc(NC(=O)c2c(Cl)ccc([I-][NH+]([O-])O)c2Cl)c1F. The summed E-state index contributed by atoms with van der Waals surface area (Å²) in [5, 5.41) is 22.0. The standard InChI is InChI=1S/C23H25Cl2F2IN3O7/c1-22(2,3)37-20(33)30(21(34)38-23(4,5)6)18-12(26)8-10-14(17(18)27)29-19(32)15-11(24)7-9-13(16(15)25)28-31(35)36/h7-10,31,35H,1-6H3,(H,29,32)/q-1. The van der Waals surface area contributed by atoms with Gasteiger partial charge in [0.25, 0.3) is 0 Å². The van der Waals surface area contributed by atoms with Crippen LogP contribution in [0.1, 0.15) is 51.9 Å². The van der Waals surface area contributed by atoms with Crippen molar-refractivity contribution in [3.63, 3.8) is 0 Å². The van der Waals surface area contributed by atoms with Crippen molar-refractivity contribution in [2.75, 3.05) is 10.2 Å². The fourth-order valence-electron chi connectivity index (χ4n) is 2.79.